The lowest BCUT2D eigenvalue weighted by Gasteiger charge is -2.39. The van der Waals surface area contributed by atoms with Gasteiger partial charge < -0.3 is 4.74 Å². The summed E-state index contributed by atoms with van der Waals surface area (Å²) in [6.07, 6.45) is 2.30. The van der Waals surface area contributed by atoms with Crippen molar-refractivity contribution in [2.75, 3.05) is 0 Å². The van der Waals surface area contributed by atoms with Gasteiger partial charge in [0.2, 0.25) is 5.69 Å². The molecule has 0 bridgehead atoms. The van der Waals surface area contributed by atoms with E-state index in [9.17, 15) is 0 Å². The first kappa shape index (κ1) is 43.3. The molecule has 2 aromatic heterocycles. The van der Waals surface area contributed by atoms with Gasteiger partial charge in [-0.2, -0.15) is 4.57 Å². The molecule has 12 rings (SSSR count). The third-order valence-electron chi connectivity index (χ3n) is 16.2. The summed E-state index contributed by atoms with van der Waals surface area (Å²) >= 11 is 0. The third kappa shape index (κ3) is 6.19. The van der Waals surface area contributed by atoms with Crippen LogP contribution in [0.3, 0.4) is 0 Å². The Morgan fingerprint density at radius 2 is 1.14 bits per heavy atom. The Balaban J connectivity index is 1.29. The van der Waals surface area contributed by atoms with E-state index in [0.717, 1.165) is 39.6 Å². The van der Waals surface area contributed by atoms with Gasteiger partial charge in [-0.05, 0) is 110 Å². The molecule has 0 radical (unpaired) electrons. The average molecular weight is 902 g/mol. The minimum Gasteiger partial charge on any atom is -0.392 e. The van der Waals surface area contributed by atoms with Crippen molar-refractivity contribution in [3.05, 3.63) is 192 Å². The fourth-order valence-electron chi connectivity index (χ4n) is 11.3. The highest BCUT2D eigenvalue weighted by Gasteiger charge is 2.69. The maximum atomic E-state index is 8.21. The Hall–Kier alpha value is -7.04. The quantitative estimate of drug-likeness (QED) is 0.158. The summed E-state index contributed by atoms with van der Waals surface area (Å²) in [6.45, 7) is 28.0. The normalized spacial score (nSPS) is 15.7. The molecule has 0 fully saturated rings. The molecule has 0 saturated heterocycles. The Labute approximate surface area is 408 Å². The first-order valence-corrected chi connectivity index (χ1v) is 24.8. The van der Waals surface area contributed by atoms with Crippen LogP contribution >= 0.6 is 0 Å². The number of fused-ring (bicyclic) bond motifs is 5. The van der Waals surface area contributed by atoms with Gasteiger partial charge >= 0.3 is 11.7 Å². The van der Waals surface area contributed by atoms with E-state index in [1.807, 2.05) is 0 Å². The van der Waals surface area contributed by atoms with Gasteiger partial charge in [0.1, 0.15) is 16.8 Å². The molecule has 0 amide bonds. The van der Waals surface area contributed by atoms with Crippen molar-refractivity contribution < 1.29 is 13.9 Å². The molecule has 0 aliphatic carbocycles. The van der Waals surface area contributed by atoms with Gasteiger partial charge in [0.15, 0.2) is 23.0 Å². The van der Waals surface area contributed by atoms with E-state index < -0.39 is 5.85 Å². The maximum Gasteiger partial charge on any atom is 0.499 e. The number of hydrogen-bond acceptors (Lipinski definition) is 1. The number of hydrogen-bond donors (Lipinski definition) is 0. The van der Waals surface area contributed by atoms with E-state index in [2.05, 4.69) is 261 Å². The van der Waals surface area contributed by atoms with E-state index in [-0.39, 0.29) is 21.7 Å². The topological polar surface area (TPSA) is 21.9 Å². The van der Waals surface area contributed by atoms with Gasteiger partial charge in [-0.3, -0.25) is 0 Å². The monoisotopic (exact) mass is 901 g/mol. The highest BCUT2D eigenvalue weighted by molar-refractivity contribution is 6.00. The molecule has 1 atom stereocenters. The van der Waals surface area contributed by atoms with Gasteiger partial charge in [-0.15, -0.1) is 9.13 Å². The number of imidazole rings is 1. The Morgan fingerprint density at radius 3 is 1.81 bits per heavy atom. The Morgan fingerprint density at radius 1 is 0.493 bits per heavy atom. The number of para-hydroxylation sites is 1. The maximum absolute atomic E-state index is 8.21. The summed E-state index contributed by atoms with van der Waals surface area (Å²) in [6, 6.07) is 59.5. The highest BCUT2D eigenvalue weighted by atomic mass is 16.5. The number of rotatable bonds is 5. The van der Waals surface area contributed by atoms with Crippen molar-refractivity contribution in [3.63, 3.8) is 0 Å². The van der Waals surface area contributed by atoms with E-state index >= 15 is 0 Å². The summed E-state index contributed by atoms with van der Waals surface area (Å²) in [4.78, 5) is 0. The van der Waals surface area contributed by atoms with Crippen LogP contribution in [-0.4, -0.2) is 4.57 Å². The first-order valence-electron chi connectivity index (χ1n) is 24.8. The van der Waals surface area contributed by atoms with Crippen LogP contribution in [0.4, 0.5) is 0 Å². The molecule has 7 aromatic carbocycles. The lowest BCUT2D eigenvalue weighted by molar-refractivity contribution is -0.997. The lowest BCUT2D eigenvalue weighted by Crippen LogP contribution is -2.78. The third-order valence-corrected chi connectivity index (χ3v) is 16.2. The number of aryl methyl sites for hydroxylation is 1. The summed E-state index contributed by atoms with van der Waals surface area (Å²) in [5.41, 5.74) is 22.1. The smallest absolute Gasteiger partial charge is 0.392 e. The van der Waals surface area contributed by atoms with Crippen molar-refractivity contribution >= 4 is 11.0 Å². The fraction of sp³-hybridized carbons (Fsp3) is 0.262. The van der Waals surface area contributed by atoms with Crippen LogP contribution in [0.1, 0.15) is 104 Å². The van der Waals surface area contributed by atoms with Crippen molar-refractivity contribution in [2.45, 2.75) is 105 Å². The summed E-state index contributed by atoms with van der Waals surface area (Å²) in [5, 5.41) is 0. The van der Waals surface area contributed by atoms with Crippen molar-refractivity contribution in [1.82, 2.24) is 4.57 Å². The van der Waals surface area contributed by atoms with Crippen molar-refractivity contribution in [2.24, 2.45) is 5.41 Å². The second-order valence-electron chi connectivity index (χ2n) is 23.6. The minimum atomic E-state index is -1.11. The number of benzene rings is 7. The molecule has 9 aromatic rings. The summed E-state index contributed by atoms with van der Waals surface area (Å²) < 4.78 is 15.9. The zero-order valence-electron chi connectivity index (χ0n) is 42.3. The molecule has 4 heteroatoms. The van der Waals surface area contributed by atoms with E-state index in [1.54, 1.807) is 0 Å². The molecule has 342 valence electrons. The van der Waals surface area contributed by atoms with E-state index in [4.69, 9.17) is 4.74 Å². The van der Waals surface area contributed by atoms with Gasteiger partial charge in [0, 0.05) is 34.4 Å². The van der Waals surface area contributed by atoms with Crippen molar-refractivity contribution in [3.8, 4) is 78.6 Å². The molecule has 0 saturated carbocycles. The van der Waals surface area contributed by atoms with Crippen LogP contribution < -0.4 is 13.9 Å². The summed E-state index contributed by atoms with van der Waals surface area (Å²) in [7, 11) is 0. The van der Waals surface area contributed by atoms with Crippen LogP contribution in [0.15, 0.2) is 164 Å². The zero-order chi connectivity index (χ0) is 48.2. The molecule has 4 nitrogen and oxygen atoms in total. The minimum absolute atomic E-state index is 0.0230. The average Bonchev–Trinajstić information content (AvgIpc) is 3.82. The predicted molar refractivity (Wildman–Crippen MR) is 284 cm³/mol. The Bertz CT molecular complexity index is 3590. The number of aromatic nitrogens is 3. The van der Waals surface area contributed by atoms with Crippen molar-refractivity contribution in [1.29, 1.82) is 0 Å². The second-order valence-corrected chi connectivity index (χ2v) is 23.6. The number of nitrogens with zero attached hydrogens (tertiary/aromatic N) is 3. The van der Waals surface area contributed by atoms with Crippen LogP contribution in [0.25, 0.3) is 83.9 Å². The van der Waals surface area contributed by atoms with Crippen LogP contribution in [0.5, 0.6) is 5.75 Å². The predicted octanol–water partition coefficient (Wildman–Crippen LogP) is 15.7. The van der Waals surface area contributed by atoms with Crippen LogP contribution in [0, 0.1) is 12.3 Å². The highest BCUT2D eigenvalue weighted by Crippen LogP contribution is 2.57. The van der Waals surface area contributed by atoms with E-state index in [1.165, 1.54) is 77.9 Å². The molecule has 1 spiro atoms. The van der Waals surface area contributed by atoms with Gasteiger partial charge in [0.05, 0.1) is 5.56 Å². The molecule has 69 heavy (non-hydrogen) atoms. The van der Waals surface area contributed by atoms with Gasteiger partial charge in [0.25, 0.3) is 0 Å². The second kappa shape index (κ2) is 14.5. The molecule has 5 heterocycles. The fourth-order valence-corrected chi connectivity index (χ4v) is 11.3. The molecule has 1 unspecified atom stereocenters. The lowest BCUT2D eigenvalue weighted by atomic mass is 9.65. The SMILES string of the molecule is Cc1ccc(-c2cc[n+]3c(c2)-c2cc(-c4ccccc4)cc4c2C32Oc3c(cc(C(C)(C)C)cc3C(C)(C)C)-c3n(-c5ccc(C(C)(C)C(C)(C)C)cc5-c5ccccc5)c5cccc-4c5[n+]32)cc1. The van der Waals surface area contributed by atoms with Gasteiger partial charge in [-0.1, -0.05) is 185 Å². The molecule has 0 N–H and O–H groups in total. The van der Waals surface area contributed by atoms with Crippen LogP contribution in [-0.2, 0) is 22.1 Å². The Kier molecular flexibility index (Phi) is 9.09. The van der Waals surface area contributed by atoms with Crippen LogP contribution in [0.2, 0.25) is 0 Å². The summed E-state index contributed by atoms with van der Waals surface area (Å²) in [5.74, 6) is 0.940. The number of ether oxygens (including phenoxy) is 1. The molecular weight excluding hydrogens is 839 g/mol. The van der Waals surface area contributed by atoms with Gasteiger partial charge in [-0.25, -0.2) is 0 Å². The molecule has 3 aliphatic rings. The molecule has 3 aliphatic heterocycles. The molecular formula is C65H63N3O+2. The zero-order valence-corrected chi connectivity index (χ0v) is 42.3. The number of pyridine rings is 1. The first-order chi connectivity index (χ1) is 32.8. The van der Waals surface area contributed by atoms with E-state index in [0.29, 0.717) is 0 Å². The standard InChI is InChI=1S/C65H63N3O/c1-40-26-28-42(29-27-40)44-32-33-66-56(36-44)51-35-45(41-20-15-13-16-21-41)34-50-48-24-19-25-55-58(48)68-60(52-38-47(61(2,3)4)39-53(62(5,6)7)59(52)69-65(66,68)57(50)51)67(55)54-31-30-46(64(11,12)63(8,9)10)37-49(54)43-22-17-14-18-23-43/h13-39H,1-12H3/q+2. The largest absolute Gasteiger partial charge is 0.499 e.